The molecule has 7 aliphatic heterocycles. The maximum atomic E-state index is 14.9. The summed E-state index contributed by atoms with van der Waals surface area (Å²) in [6.45, 7) is 15.2. The van der Waals surface area contributed by atoms with Crippen molar-refractivity contribution in [3.63, 3.8) is 0 Å². The standard InChI is InChI=1S/C69H112O33/c1-26-38(74)42(78)47(83)59(92-26)99-52-32(21-70)94-61(49(85)44(52)80)100-54-34(96-56-45(81)40(76)30(72)23-89-56)25-91-58(51(54)87)101-55-50(86)53(98-57-46(82)41(77)31(73)24-90-57)33(22-71)95-62(55)97-37-13-14-66(7)35(65(37,5)6)12-15-68(9)36(66)11-10-28-29-20-64(3,4)16-18-69(29,19-17-67(28,68)8)63(88)102-60-48(84)43(79)39(75)27(2)93-60/h10,26-27,29-62,70-87H,11-25H2,1-9H3/t26-,27-,29-,30-,31+,32+,33+,34+,35-,36+,37-,38-,39-,40-,41-,42+,43+,44+,45+,46+,47+,48+,49+,50-,51+,52+,53+,54-,55+,56-,57-,58-,59-,60-,61-,62-,66-,67+,68+,69-/m0/s1. The van der Waals surface area contributed by atoms with E-state index < -0.39 is 253 Å². The fraction of sp³-hybridized carbons (Fsp3) is 0.957. The minimum Gasteiger partial charge on any atom is -0.432 e. The van der Waals surface area contributed by atoms with Crippen LogP contribution < -0.4 is 0 Å². The Labute approximate surface area is 591 Å². The zero-order valence-corrected chi connectivity index (χ0v) is 59.1. The Bertz CT molecular complexity index is 2900. The van der Waals surface area contributed by atoms with Crippen LogP contribution in [0.15, 0.2) is 11.6 Å². The van der Waals surface area contributed by atoms with Crippen molar-refractivity contribution in [1.29, 1.82) is 0 Å². The predicted octanol–water partition coefficient (Wildman–Crippen LogP) is -4.59. The molecule has 12 rings (SSSR count). The molecule has 0 unspecified atom stereocenters. The summed E-state index contributed by atoms with van der Waals surface area (Å²) in [6, 6.07) is 0. The molecule has 0 aromatic carbocycles. The first-order valence-corrected chi connectivity index (χ1v) is 36.3. The van der Waals surface area contributed by atoms with E-state index in [-0.39, 0.29) is 39.4 Å². The zero-order chi connectivity index (χ0) is 74.2. The summed E-state index contributed by atoms with van der Waals surface area (Å²) in [5, 5.41) is 198. The average Bonchev–Trinajstić information content (AvgIpc) is 0.675. The lowest BCUT2D eigenvalue weighted by Crippen LogP contribution is -2.68. The number of hydrogen-bond donors (Lipinski definition) is 18. The molecule has 4 saturated carbocycles. The molecule has 7 heterocycles. The molecule has 40 atom stereocenters. The van der Waals surface area contributed by atoms with Gasteiger partial charge in [-0.2, -0.15) is 0 Å². The van der Waals surface area contributed by atoms with Crippen LogP contribution in [-0.4, -0.2) is 334 Å². The van der Waals surface area contributed by atoms with Gasteiger partial charge in [-0.05, 0) is 123 Å². The lowest BCUT2D eigenvalue weighted by molar-refractivity contribution is -0.402. The third-order valence-electron chi connectivity index (χ3n) is 26.5. The largest absolute Gasteiger partial charge is 0.432 e. The molecule has 0 amide bonds. The van der Waals surface area contributed by atoms with Crippen LogP contribution in [0.5, 0.6) is 0 Å². The Morgan fingerprint density at radius 3 is 1.56 bits per heavy atom. The van der Waals surface area contributed by atoms with Gasteiger partial charge >= 0.3 is 5.97 Å². The topological polar surface area (TPSA) is 510 Å². The first kappa shape index (κ1) is 79.5. The molecule has 18 N–H and O–H groups in total. The van der Waals surface area contributed by atoms with Gasteiger partial charge in [0.25, 0.3) is 0 Å². The maximum Gasteiger partial charge on any atom is 0.315 e. The molecule has 12 aliphatic rings. The van der Waals surface area contributed by atoms with E-state index in [4.69, 9.17) is 66.3 Å². The van der Waals surface area contributed by atoms with Crippen LogP contribution >= 0.6 is 0 Å². The number of allylic oxidation sites excluding steroid dienone is 2. The number of carbonyl (C=O) groups excluding carboxylic acids is 1. The third kappa shape index (κ3) is 13.8. The van der Waals surface area contributed by atoms with Crippen LogP contribution in [0.4, 0.5) is 0 Å². The van der Waals surface area contributed by atoms with Crippen LogP contribution in [0.3, 0.4) is 0 Å². The Morgan fingerprint density at radius 1 is 0.451 bits per heavy atom. The number of rotatable bonds is 16. The quantitative estimate of drug-likeness (QED) is 0.0393. The summed E-state index contributed by atoms with van der Waals surface area (Å²) in [7, 11) is 0. The fourth-order valence-corrected chi connectivity index (χ4v) is 20.0. The predicted molar refractivity (Wildman–Crippen MR) is 340 cm³/mol. The van der Waals surface area contributed by atoms with Gasteiger partial charge < -0.3 is 158 Å². The molecule has 0 spiro atoms. The highest BCUT2D eigenvalue weighted by Crippen LogP contribution is 2.76. The number of esters is 1. The number of hydrogen-bond acceptors (Lipinski definition) is 33. The summed E-state index contributed by atoms with van der Waals surface area (Å²) in [5.74, 6) is -0.593. The Morgan fingerprint density at radius 2 is 0.941 bits per heavy atom. The fourth-order valence-electron chi connectivity index (χ4n) is 20.0. The number of ether oxygens (including phenoxy) is 14. The van der Waals surface area contributed by atoms with Gasteiger partial charge in [-0.15, -0.1) is 0 Å². The van der Waals surface area contributed by atoms with Gasteiger partial charge in [0.05, 0.1) is 56.8 Å². The highest BCUT2D eigenvalue weighted by Gasteiger charge is 2.71. The molecule has 7 saturated heterocycles. The van der Waals surface area contributed by atoms with Crippen LogP contribution in [-0.2, 0) is 71.1 Å². The van der Waals surface area contributed by atoms with Crippen molar-refractivity contribution in [3.8, 4) is 0 Å². The van der Waals surface area contributed by atoms with Crippen LogP contribution in [0, 0.1) is 50.2 Å². The molecule has 5 aliphatic carbocycles. The molecule has 0 aromatic rings. The van der Waals surface area contributed by atoms with Crippen molar-refractivity contribution < 1.29 is 163 Å². The summed E-state index contributed by atoms with van der Waals surface area (Å²) in [6.07, 6.45) is -46.5. The van der Waals surface area contributed by atoms with Gasteiger partial charge in [0.2, 0.25) is 6.29 Å². The Hall–Kier alpha value is -2.03. The van der Waals surface area contributed by atoms with Crippen molar-refractivity contribution in [3.05, 3.63) is 11.6 Å². The monoisotopic (exact) mass is 1470 g/mol. The van der Waals surface area contributed by atoms with Crippen molar-refractivity contribution in [2.45, 2.75) is 329 Å². The van der Waals surface area contributed by atoms with Gasteiger partial charge in [-0.25, -0.2) is 0 Å². The van der Waals surface area contributed by atoms with Gasteiger partial charge in [0, 0.05) is 0 Å². The van der Waals surface area contributed by atoms with Crippen molar-refractivity contribution in [2.75, 3.05) is 33.0 Å². The maximum absolute atomic E-state index is 14.9. The van der Waals surface area contributed by atoms with E-state index in [1.807, 2.05) is 0 Å². The third-order valence-corrected chi connectivity index (χ3v) is 26.5. The second kappa shape index (κ2) is 30.0. The van der Waals surface area contributed by atoms with Gasteiger partial charge in [-0.3, -0.25) is 4.79 Å². The molecule has 586 valence electrons. The molecule has 0 bridgehead atoms. The summed E-state index contributed by atoms with van der Waals surface area (Å²) in [5.41, 5.74) is -1.52. The van der Waals surface area contributed by atoms with Crippen molar-refractivity contribution in [1.82, 2.24) is 0 Å². The Balaban J connectivity index is 0.814. The smallest absolute Gasteiger partial charge is 0.315 e. The highest BCUT2D eigenvalue weighted by molar-refractivity contribution is 5.79. The molecule has 11 fully saturated rings. The summed E-state index contributed by atoms with van der Waals surface area (Å²) in [4.78, 5) is 14.9. The van der Waals surface area contributed by atoms with Gasteiger partial charge in [0.1, 0.15) is 140 Å². The van der Waals surface area contributed by atoms with E-state index in [1.54, 1.807) is 6.92 Å². The van der Waals surface area contributed by atoms with Crippen LogP contribution in [0.2, 0.25) is 0 Å². The highest BCUT2D eigenvalue weighted by atomic mass is 16.8. The first-order chi connectivity index (χ1) is 47.9. The lowest BCUT2D eigenvalue weighted by Gasteiger charge is -2.71. The van der Waals surface area contributed by atoms with Crippen molar-refractivity contribution in [2.24, 2.45) is 50.2 Å². The number of fused-ring (bicyclic) bond motifs is 7. The van der Waals surface area contributed by atoms with Crippen LogP contribution in [0.1, 0.15) is 127 Å². The minimum atomic E-state index is -2.15. The molecule has 102 heavy (non-hydrogen) atoms. The average molecular weight is 1470 g/mol. The SMILES string of the molecule is C[C@@H]1O[C@@H](OC(=O)[C@]23CCC(C)(C)C[C@H]2C2=CC[C@@H]4[C@@]5(C)CC[C@H](O[C@@H]6O[C@H](CO)[C@@H](O[C@@H]7OC[C@@H](O)[C@H](O)[C@H]7O)[C@H](O)[C@H]6O[C@@H]6OC[C@@H](O[C@@H]7OC[C@H](O)[C@H](O)[C@H]7O)[C@H](O[C@@H]7O[C@H](CO)[C@@H](O[C@@H]8O[C@@H](C)[C@H](O)[C@@H](O)[C@H]8O)[C@H](O)[C@H]7O)[C@H]6O)C(C)(C)[C@@H]5CC[C@@]4(C)[C@]2(C)CC3)[C@H](O)[C@H](O)[C@H]1O. The Kier molecular flexibility index (Phi) is 23.4. The van der Waals surface area contributed by atoms with E-state index in [0.717, 1.165) is 19.3 Å². The first-order valence-electron chi connectivity index (χ1n) is 36.3. The number of aliphatic hydroxyl groups excluding tert-OH is 18. The molecule has 33 heteroatoms. The van der Waals surface area contributed by atoms with E-state index in [2.05, 4.69) is 54.5 Å². The minimum absolute atomic E-state index is 0.0236. The molecule has 33 nitrogen and oxygen atoms in total. The van der Waals surface area contributed by atoms with E-state index >= 15 is 0 Å². The van der Waals surface area contributed by atoms with E-state index in [0.29, 0.717) is 44.9 Å². The summed E-state index contributed by atoms with van der Waals surface area (Å²) >= 11 is 0. The number of carbonyl (C=O) groups is 1. The molecule has 0 aromatic heterocycles. The molecular formula is C69H112O33. The van der Waals surface area contributed by atoms with Gasteiger partial charge in [-0.1, -0.05) is 60.1 Å². The second-order valence-corrected chi connectivity index (χ2v) is 33.3. The van der Waals surface area contributed by atoms with Gasteiger partial charge in [0.15, 0.2) is 37.7 Å². The lowest BCUT2D eigenvalue weighted by atomic mass is 9.33. The molecular weight excluding hydrogens is 1360 g/mol. The van der Waals surface area contributed by atoms with Crippen LogP contribution in [0.25, 0.3) is 0 Å². The van der Waals surface area contributed by atoms with Crippen molar-refractivity contribution >= 4 is 5.97 Å². The normalized spacial score (nSPS) is 54.8. The van der Waals surface area contributed by atoms with E-state index in [9.17, 15) is 96.7 Å². The van der Waals surface area contributed by atoms with E-state index in [1.165, 1.54) is 12.5 Å². The number of aliphatic hydroxyl groups is 18. The second-order valence-electron chi connectivity index (χ2n) is 33.3. The summed E-state index contributed by atoms with van der Waals surface area (Å²) < 4.78 is 85.3. The molecule has 0 radical (unpaired) electrons. The zero-order valence-electron chi connectivity index (χ0n) is 59.1.